The lowest BCUT2D eigenvalue weighted by atomic mass is 9.97. The summed E-state index contributed by atoms with van der Waals surface area (Å²) in [5.41, 5.74) is 3.74. The summed E-state index contributed by atoms with van der Waals surface area (Å²) in [6.07, 6.45) is 0. The van der Waals surface area contributed by atoms with E-state index < -0.39 is 17.7 Å². The molecule has 0 radical (unpaired) electrons. The topological polar surface area (TPSA) is 38.0 Å². The van der Waals surface area contributed by atoms with E-state index in [4.69, 9.17) is 5.84 Å². The Hall–Kier alpha value is -1.30. The normalized spacial score (nSPS) is 12.5. The molecule has 2 aromatic rings. The van der Waals surface area contributed by atoms with E-state index in [0.717, 1.165) is 10.0 Å². The van der Waals surface area contributed by atoms with Crippen molar-refractivity contribution in [1.29, 1.82) is 0 Å². The van der Waals surface area contributed by atoms with Crippen molar-refractivity contribution in [3.8, 4) is 0 Å². The number of nitrogens with one attached hydrogen (secondary N) is 1. The number of aryl methyl sites for hydroxylation is 1. The van der Waals surface area contributed by atoms with Gasteiger partial charge in [-0.25, -0.2) is 14.2 Å². The second kappa shape index (κ2) is 5.77. The number of hydrogen-bond acceptors (Lipinski definition) is 2. The van der Waals surface area contributed by atoms with Crippen LogP contribution in [0.25, 0.3) is 0 Å². The number of rotatable bonds is 3. The van der Waals surface area contributed by atoms with Gasteiger partial charge in [-0.05, 0) is 30.2 Å². The molecule has 0 saturated carbocycles. The van der Waals surface area contributed by atoms with E-state index in [1.54, 1.807) is 18.2 Å². The van der Waals surface area contributed by atoms with Crippen LogP contribution in [0.3, 0.4) is 0 Å². The van der Waals surface area contributed by atoms with Crippen LogP contribution < -0.4 is 11.3 Å². The standard InChI is InChI=1S/C14H13BrF2N2/c1-8-2-7-11(13(17)12(8)16)14(19-18)9-3-5-10(15)6-4-9/h2-7,14,19H,18H2,1H3. The molecule has 0 aliphatic rings. The van der Waals surface area contributed by atoms with Gasteiger partial charge in [0.15, 0.2) is 11.6 Å². The van der Waals surface area contributed by atoms with E-state index in [0.29, 0.717) is 0 Å². The predicted octanol–water partition coefficient (Wildman–Crippen LogP) is 3.59. The van der Waals surface area contributed by atoms with Crippen LogP contribution >= 0.6 is 15.9 Å². The first-order valence-corrected chi connectivity index (χ1v) is 6.50. The van der Waals surface area contributed by atoms with Crippen LogP contribution in [0.1, 0.15) is 22.7 Å². The van der Waals surface area contributed by atoms with Crippen molar-refractivity contribution in [2.75, 3.05) is 0 Å². The van der Waals surface area contributed by atoms with Gasteiger partial charge in [-0.15, -0.1) is 0 Å². The van der Waals surface area contributed by atoms with Crippen molar-refractivity contribution in [2.24, 2.45) is 5.84 Å². The maximum atomic E-state index is 14.0. The minimum Gasteiger partial charge on any atom is -0.271 e. The van der Waals surface area contributed by atoms with Gasteiger partial charge in [0.25, 0.3) is 0 Å². The number of nitrogens with two attached hydrogens (primary N) is 1. The molecule has 3 N–H and O–H groups in total. The van der Waals surface area contributed by atoms with Crippen LogP contribution in [-0.2, 0) is 0 Å². The molecule has 0 heterocycles. The predicted molar refractivity (Wildman–Crippen MR) is 74.4 cm³/mol. The molecule has 0 amide bonds. The van der Waals surface area contributed by atoms with Crippen molar-refractivity contribution >= 4 is 15.9 Å². The molecule has 2 nitrogen and oxygen atoms in total. The van der Waals surface area contributed by atoms with E-state index in [1.165, 1.54) is 13.0 Å². The summed E-state index contributed by atoms with van der Waals surface area (Å²) in [7, 11) is 0. The monoisotopic (exact) mass is 326 g/mol. The zero-order chi connectivity index (χ0) is 14.0. The van der Waals surface area contributed by atoms with Crippen molar-refractivity contribution < 1.29 is 8.78 Å². The molecule has 1 atom stereocenters. The largest absolute Gasteiger partial charge is 0.271 e. The van der Waals surface area contributed by atoms with Crippen molar-refractivity contribution in [3.63, 3.8) is 0 Å². The van der Waals surface area contributed by atoms with Crippen LogP contribution in [0.2, 0.25) is 0 Å². The van der Waals surface area contributed by atoms with E-state index in [2.05, 4.69) is 21.4 Å². The second-order valence-electron chi connectivity index (χ2n) is 4.25. The minimum absolute atomic E-state index is 0.188. The van der Waals surface area contributed by atoms with Crippen LogP contribution in [0.5, 0.6) is 0 Å². The third-order valence-electron chi connectivity index (χ3n) is 2.99. The molecule has 19 heavy (non-hydrogen) atoms. The Balaban J connectivity index is 2.48. The Kier molecular flexibility index (Phi) is 4.29. The molecule has 0 bridgehead atoms. The van der Waals surface area contributed by atoms with E-state index in [-0.39, 0.29) is 11.1 Å². The average Bonchev–Trinajstić information content (AvgIpc) is 2.41. The number of hydrazine groups is 1. The van der Waals surface area contributed by atoms with E-state index >= 15 is 0 Å². The van der Waals surface area contributed by atoms with Gasteiger partial charge in [0, 0.05) is 10.0 Å². The molecule has 0 fully saturated rings. The van der Waals surface area contributed by atoms with Crippen molar-refractivity contribution in [3.05, 3.63) is 69.2 Å². The fourth-order valence-corrected chi connectivity index (χ4v) is 2.17. The zero-order valence-corrected chi connectivity index (χ0v) is 11.8. The maximum absolute atomic E-state index is 14.0. The Bertz CT molecular complexity index is 585. The van der Waals surface area contributed by atoms with Gasteiger partial charge in [0.2, 0.25) is 0 Å². The molecule has 0 saturated heterocycles. The van der Waals surface area contributed by atoms with Gasteiger partial charge < -0.3 is 0 Å². The number of benzene rings is 2. The van der Waals surface area contributed by atoms with Gasteiger partial charge in [-0.1, -0.05) is 40.2 Å². The Morgan fingerprint density at radius 2 is 1.68 bits per heavy atom. The minimum atomic E-state index is -0.870. The quantitative estimate of drug-likeness (QED) is 0.668. The highest BCUT2D eigenvalue weighted by molar-refractivity contribution is 9.10. The molecule has 0 aromatic heterocycles. The molecule has 5 heteroatoms. The van der Waals surface area contributed by atoms with Gasteiger partial charge in [0.05, 0.1) is 6.04 Å². The van der Waals surface area contributed by atoms with Crippen LogP contribution in [-0.4, -0.2) is 0 Å². The van der Waals surface area contributed by atoms with Crippen LogP contribution in [0.4, 0.5) is 8.78 Å². The van der Waals surface area contributed by atoms with Gasteiger partial charge in [-0.2, -0.15) is 0 Å². The third-order valence-corrected chi connectivity index (χ3v) is 3.51. The summed E-state index contributed by atoms with van der Waals surface area (Å²) < 4.78 is 28.5. The first-order chi connectivity index (χ1) is 9.04. The highest BCUT2D eigenvalue weighted by Gasteiger charge is 2.20. The smallest absolute Gasteiger partial charge is 0.164 e. The Morgan fingerprint density at radius 1 is 1.05 bits per heavy atom. The molecule has 100 valence electrons. The lowest BCUT2D eigenvalue weighted by Gasteiger charge is -2.18. The Morgan fingerprint density at radius 3 is 2.26 bits per heavy atom. The first kappa shape index (κ1) is 14.1. The van der Waals surface area contributed by atoms with Gasteiger partial charge in [0.1, 0.15) is 0 Å². The van der Waals surface area contributed by atoms with Gasteiger partial charge >= 0.3 is 0 Å². The van der Waals surface area contributed by atoms with E-state index in [9.17, 15) is 8.78 Å². The molecule has 0 spiro atoms. The lowest BCUT2D eigenvalue weighted by Crippen LogP contribution is -2.29. The highest BCUT2D eigenvalue weighted by Crippen LogP contribution is 2.27. The zero-order valence-electron chi connectivity index (χ0n) is 10.3. The molecule has 2 aromatic carbocycles. The third kappa shape index (κ3) is 2.83. The Labute approximate surface area is 118 Å². The van der Waals surface area contributed by atoms with Crippen molar-refractivity contribution in [2.45, 2.75) is 13.0 Å². The number of hydrogen-bond donors (Lipinski definition) is 2. The first-order valence-electron chi connectivity index (χ1n) is 5.70. The average molecular weight is 327 g/mol. The summed E-state index contributed by atoms with van der Waals surface area (Å²) in [4.78, 5) is 0. The molecule has 0 aliphatic carbocycles. The SMILES string of the molecule is Cc1ccc(C(NN)c2ccc(Br)cc2)c(F)c1F. The fraction of sp³-hybridized carbons (Fsp3) is 0.143. The molecule has 2 rings (SSSR count). The number of halogens is 3. The molecule has 0 aliphatic heterocycles. The summed E-state index contributed by atoms with van der Waals surface area (Å²) in [6, 6.07) is 9.72. The van der Waals surface area contributed by atoms with Crippen molar-refractivity contribution in [1.82, 2.24) is 5.43 Å². The second-order valence-corrected chi connectivity index (χ2v) is 5.17. The molecular formula is C14H13BrF2N2. The lowest BCUT2D eigenvalue weighted by molar-refractivity contribution is 0.478. The summed E-state index contributed by atoms with van der Waals surface area (Å²) in [5, 5.41) is 0. The summed E-state index contributed by atoms with van der Waals surface area (Å²) in [6.45, 7) is 1.52. The van der Waals surface area contributed by atoms with E-state index in [1.807, 2.05) is 12.1 Å². The molecular weight excluding hydrogens is 314 g/mol. The fourth-order valence-electron chi connectivity index (χ4n) is 1.90. The summed E-state index contributed by atoms with van der Waals surface area (Å²) in [5.74, 6) is 3.77. The highest BCUT2D eigenvalue weighted by atomic mass is 79.9. The van der Waals surface area contributed by atoms with Crippen LogP contribution in [0.15, 0.2) is 40.9 Å². The maximum Gasteiger partial charge on any atom is 0.164 e. The van der Waals surface area contributed by atoms with Crippen LogP contribution in [0, 0.1) is 18.6 Å². The molecule has 1 unspecified atom stereocenters. The van der Waals surface area contributed by atoms with Gasteiger partial charge in [-0.3, -0.25) is 5.84 Å². The summed E-state index contributed by atoms with van der Waals surface area (Å²) >= 11 is 3.32.